The molecule has 3 saturated heterocycles. The number of benzene rings is 2. The van der Waals surface area contributed by atoms with E-state index in [0.717, 1.165) is 30.8 Å². The standard InChI is InChI=1S/C22H20N4O3/c1-29-17-9-5-15(6-10-17)19-18-20(25-12-2-11-24(19)25)22(28)26(21(18)27)16-7-3-14(13-23)4-8-16/h3-10,18-20H,2,11-12H2,1H3/t18-,19-,20-/m0/s1. The SMILES string of the molecule is COc1ccc([C@H]2[C@@H]3C(=O)N(c4ccc(C#N)cc4)C(=O)[C@H]3N3CCCN23)cc1. The third-order valence-corrected chi connectivity index (χ3v) is 6.12. The van der Waals surface area contributed by atoms with E-state index in [2.05, 4.69) is 16.1 Å². The highest BCUT2D eigenvalue weighted by molar-refractivity contribution is 6.24. The third kappa shape index (κ3) is 2.57. The van der Waals surface area contributed by atoms with Gasteiger partial charge in [-0.15, -0.1) is 0 Å². The lowest BCUT2D eigenvalue weighted by Crippen LogP contribution is -2.44. The average molecular weight is 388 g/mol. The maximum atomic E-state index is 13.5. The summed E-state index contributed by atoms with van der Waals surface area (Å²) in [4.78, 5) is 28.1. The van der Waals surface area contributed by atoms with Gasteiger partial charge >= 0.3 is 0 Å². The Balaban J connectivity index is 1.54. The van der Waals surface area contributed by atoms with Gasteiger partial charge in [0.25, 0.3) is 5.91 Å². The molecule has 7 nitrogen and oxygen atoms in total. The van der Waals surface area contributed by atoms with E-state index < -0.39 is 12.0 Å². The highest BCUT2D eigenvalue weighted by Gasteiger charge is 2.62. The Hall–Kier alpha value is -3.21. The van der Waals surface area contributed by atoms with E-state index in [1.807, 2.05) is 24.3 Å². The Morgan fingerprint density at radius 3 is 2.21 bits per heavy atom. The number of ether oxygens (including phenoxy) is 1. The van der Waals surface area contributed by atoms with Crippen molar-refractivity contribution < 1.29 is 14.3 Å². The number of methoxy groups -OCH3 is 1. The monoisotopic (exact) mass is 388 g/mol. The number of carbonyl (C=O) groups excluding carboxylic acids is 2. The highest BCUT2D eigenvalue weighted by Crippen LogP contribution is 2.49. The second-order valence-electron chi connectivity index (χ2n) is 7.54. The Kier molecular flexibility index (Phi) is 4.12. The topological polar surface area (TPSA) is 76.9 Å². The Bertz CT molecular complexity index is 1010. The highest BCUT2D eigenvalue weighted by atomic mass is 16.5. The average Bonchev–Trinajstić information content (AvgIpc) is 3.40. The van der Waals surface area contributed by atoms with Gasteiger partial charge in [-0.05, 0) is 48.4 Å². The Labute approximate surface area is 168 Å². The summed E-state index contributed by atoms with van der Waals surface area (Å²) < 4.78 is 5.26. The number of fused-ring (bicyclic) bond motifs is 3. The lowest BCUT2D eigenvalue weighted by atomic mass is 9.90. The smallest absolute Gasteiger partial charge is 0.253 e. The van der Waals surface area contributed by atoms with E-state index >= 15 is 0 Å². The minimum atomic E-state index is -0.479. The van der Waals surface area contributed by atoms with Crippen LogP contribution in [0.1, 0.15) is 23.6 Å². The summed E-state index contributed by atoms with van der Waals surface area (Å²) in [6.07, 6.45) is 0.966. The molecule has 3 aliphatic rings. The minimum absolute atomic E-state index is 0.173. The number of imide groups is 1. The summed E-state index contributed by atoms with van der Waals surface area (Å²) in [5.74, 6) is -0.0611. The predicted octanol–water partition coefficient (Wildman–Crippen LogP) is 2.10. The van der Waals surface area contributed by atoms with Gasteiger partial charge in [0.1, 0.15) is 11.8 Å². The normalized spacial score (nSPS) is 26.5. The van der Waals surface area contributed by atoms with Crippen LogP contribution in [0.15, 0.2) is 48.5 Å². The lowest BCUT2D eigenvalue weighted by Gasteiger charge is -2.29. The number of hydrazine groups is 1. The van der Waals surface area contributed by atoms with Gasteiger partial charge in [0.15, 0.2) is 0 Å². The van der Waals surface area contributed by atoms with Crippen LogP contribution >= 0.6 is 0 Å². The molecular formula is C22H20N4O3. The molecule has 0 bridgehead atoms. The molecule has 0 saturated carbocycles. The van der Waals surface area contributed by atoms with Gasteiger partial charge in [-0.3, -0.25) is 9.59 Å². The second-order valence-corrected chi connectivity index (χ2v) is 7.54. The zero-order valence-electron chi connectivity index (χ0n) is 16.0. The van der Waals surface area contributed by atoms with E-state index in [0.29, 0.717) is 11.3 Å². The minimum Gasteiger partial charge on any atom is -0.497 e. The molecule has 29 heavy (non-hydrogen) atoms. The second kappa shape index (κ2) is 6.69. The number of amides is 2. The number of nitrogens with zero attached hydrogens (tertiary/aromatic N) is 4. The van der Waals surface area contributed by atoms with Crippen LogP contribution in [0.4, 0.5) is 5.69 Å². The van der Waals surface area contributed by atoms with Crippen molar-refractivity contribution in [2.24, 2.45) is 5.92 Å². The first-order valence-electron chi connectivity index (χ1n) is 9.69. The van der Waals surface area contributed by atoms with Crippen molar-refractivity contribution in [2.75, 3.05) is 25.1 Å². The zero-order chi connectivity index (χ0) is 20.1. The number of anilines is 1. The number of hydrogen-bond acceptors (Lipinski definition) is 6. The van der Waals surface area contributed by atoms with Crippen LogP contribution < -0.4 is 9.64 Å². The van der Waals surface area contributed by atoms with Gasteiger partial charge in [0.05, 0.1) is 36.4 Å². The summed E-state index contributed by atoms with van der Waals surface area (Å²) in [6, 6.07) is 15.7. The van der Waals surface area contributed by atoms with E-state index in [-0.39, 0.29) is 17.9 Å². The fourth-order valence-corrected chi connectivity index (χ4v) is 4.85. The number of nitriles is 1. The molecule has 0 N–H and O–H groups in total. The van der Waals surface area contributed by atoms with Crippen molar-refractivity contribution >= 4 is 17.5 Å². The first kappa shape index (κ1) is 17.9. The van der Waals surface area contributed by atoms with Gasteiger partial charge in [0, 0.05) is 13.1 Å². The largest absolute Gasteiger partial charge is 0.497 e. The first-order chi connectivity index (χ1) is 14.1. The number of carbonyl (C=O) groups is 2. The predicted molar refractivity (Wildman–Crippen MR) is 105 cm³/mol. The molecular weight excluding hydrogens is 368 g/mol. The number of hydrogen-bond donors (Lipinski definition) is 0. The van der Waals surface area contributed by atoms with Gasteiger partial charge in [-0.1, -0.05) is 12.1 Å². The van der Waals surface area contributed by atoms with Crippen LogP contribution in [-0.4, -0.2) is 48.1 Å². The molecule has 7 heteroatoms. The van der Waals surface area contributed by atoms with Gasteiger partial charge in [0.2, 0.25) is 5.91 Å². The lowest BCUT2D eigenvalue weighted by molar-refractivity contribution is -0.126. The van der Waals surface area contributed by atoms with E-state index in [4.69, 9.17) is 10.00 Å². The van der Waals surface area contributed by atoms with Gasteiger partial charge < -0.3 is 4.74 Å². The Morgan fingerprint density at radius 2 is 1.59 bits per heavy atom. The molecule has 3 heterocycles. The Morgan fingerprint density at radius 1 is 0.931 bits per heavy atom. The molecule has 3 fully saturated rings. The molecule has 0 radical (unpaired) electrons. The molecule has 0 spiro atoms. The van der Waals surface area contributed by atoms with E-state index in [1.165, 1.54) is 4.90 Å². The summed E-state index contributed by atoms with van der Waals surface area (Å²) in [7, 11) is 1.62. The molecule has 5 rings (SSSR count). The van der Waals surface area contributed by atoms with Crippen LogP contribution in [-0.2, 0) is 9.59 Å². The van der Waals surface area contributed by atoms with Gasteiger partial charge in [-0.2, -0.15) is 5.26 Å². The molecule has 2 aromatic rings. The van der Waals surface area contributed by atoms with Gasteiger partial charge in [-0.25, -0.2) is 14.9 Å². The first-order valence-corrected chi connectivity index (χ1v) is 9.69. The van der Waals surface area contributed by atoms with Crippen LogP contribution in [0.2, 0.25) is 0 Å². The molecule has 146 valence electrons. The molecule has 0 unspecified atom stereocenters. The van der Waals surface area contributed by atoms with Crippen LogP contribution in [0.5, 0.6) is 5.75 Å². The summed E-state index contributed by atoms with van der Waals surface area (Å²) >= 11 is 0. The van der Waals surface area contributed by atoms with Crippen molar-refractivity contribution in [2.45, 2.75) is 18.5 Å². The maximum Gasteiger partial charge on any atom is 0.253 e. The van der Waals surface area contributed by atoms with Crippen molar-refractivity contribution in [1.82, 2.24) is 10.0 Å². The summed E-state index contributed by atoms with van der Waals surface area (Å²) in [5, 5.41) is 13.3. The fourth-order valence-electron chi connectivity index (χ4n) is 4.85. The number of rotatable bonds is 3. The zero-order valence-corrected chi connectivity index (χ0v) is 16.0. The van der Waals surface area contributed by atoms with Crippen molar-refractivity contribution in [3.8, 4) is 11.8 Å². The molecule has 2 aromatic carbocycles. The van der Waals surface area contributed by atoms with E-state index in [1.54, 1.807) is 31.4 Å². The van der Waals surface area contributed by atoms with Crippen LogP contribution in [0.25, 0.3) is 0 Å². The van der Waals surface area contributed by atoms with Crippen molar-refractivity contribution in [3.63, 3.8) is 0 Å². The fraction of sp³-hybridized carbons (Fsp3) is 0.318. The maximum absolute atomic E-state index is 13.5. The van der Waals surface area contributed by atoms with Crippen LogP contribution in [0.3, 0.4) is 0 Å². The molecule has 0 aliphatic carbocycles. The van der Waals surface area contributed by atoms with Crippen LogP contribution in [0, 0.1) is 17.2 Å². The van der Waals surface area contributed by atoms with Crippen molar-refractivity contribution in [1.29, 1.82) is 5.26 Å². The molecule has 0 aromatic heterocycles. The quantitative estimate of drug-likeness (QED) is 0.750. The van der Waals surface area contributed by atoms with Crippen molar-refractivity contribution in [3.05, 3.63) is 59.7 Å². The summed E-state index contributed by atoms with van der Waals surface area (Å²) in [6.45, 7) is 1.61. The summed E-state index contributed by atoms with van der Waals surface area (Å²) in [5.41, 5.74) is 2.02. The molecule has 3 aliphatic heterocycles. The third-order valence-electron chi connectivity index (χ3n) is 6.12. The molecule has 3 atom stereocenters. The molecule has 2 amide bonds. The van der Waals surface area contributed by atoms with E-state index in [9.17, 15) is 9.59 Å².